The molecule has 0 spiro atoms. The highest BCUT2D eigenvalue weighted by molar-refractivity contribution is 6.35. The van der Waals surface area contributed by atoms with Gasteiger partial charge >= 0.3 is 6.55 Å². The van der Waals surface area contributed by atoms with Crippen LogP contribution in [0.3, 0.4) is 0 Å². The first-order valence-corrected chi connectivity index (χ1v) is 7.44. The summed E-state index contributed by atoms with van der Waals surface area (Å²) >= 11 is 6.03. The maximum absolute atomic E-state index is 12.8. The number of nitrogens with one attached hydrogen (secondary N) is 1. The third-order valence-corrected chi connectivity index (χ3v) is 4.11. The molecule has 0 radical (unpaired) electrons. The highest BCUT2D eigenvalue weighted by atomic mass is 35.5. The van der Waals surface area contributed by atoms with Crippen molar-refractivity contribution in [2.45, 2.75) is 25.5 Å². The van der Waals surface area contributed by atoms with Crippen molar-refractivity contribution in [2.24, 2.45) is 0 Å². The molecule has 1 fully saturated rings. The van der Waals surface area contributed by atoms with Gasteiger partial charge in [-0.15, -0.1) is 0 Å². The van der Waals surface area contributed by atoms with Gasteiger partial charge in [0.05, 0.1) is 10.4 Å². The van der Waals surface area contributed by atoms with Crippen molar-refractivity contribution in [3.8, 4) is 5.75 Å². The zero-order valence-electron chi connectivity index (χ0n) is 11.7. The number of benzene rings is 1. The van der Waals surface area contributed by atoms with Crippen LogP contribution in [0.15, 0.2) is 29.2 Å². The summed E-state index contributed by atoms with van der Waals surface area (Å²) in [6.45, 7) is -1.16. The number of pyridine rings is 1. The summed E-state index contributed by atoms with van der Waals surface area (Å²) in [5, 5.41) is 3.92. The summed E-state index contributed by atoms with van der Waals surface area (Å²) in [5.41, 5.74) is -0.812. The maximum atomic E-state index is 12.8. The van der Waals surface area contributed by atoms with Crippen LogP contribution < -0.4 is 15.6 Å². The van der Waals surface area contributed by atoms with Gasteiger partial charge in [0, 0.05) is 11.6 Å². The van der Waals surface area contributed by atoms with Gasteiger partial charge in [0.1, 0.15) is 11.9 Å². The Bertz CT molecular complexity index is 742. The molecule has 22 heavy (non-hydrogen) atoms. The largest absolute Gasteiger partial charge is 0.490 e. The SMILES string of the molecule is O=c1c2c(Cl)ccc(OC3CCNCC3)c2ccn1C(F)F. The molecular formula is C15H15ClF2N2O2. The van der Waals surface area contributed by atoms with Crippen molar-refractivity contribution in [1.82, 2.24) is 9.88 Å². The van der Waals surface area contributed by atoms with E-state index in [9.17, 15) is 13.6 Å². The van der Waals surface area contributed by atoms with Gasteiger partial charge in [0.15, 0.2) is 0 Å². The number of hydrogen-bond acceptors (Lipinski definition) is 3. The van der Waals surface area contributed by atoms with E-state index in [2.05, 4.69) is 5.32 Å². The average Bonchev–Trinajstić information content (AvgIpc) is 2.51. The second-order valence-corrected chi connectivity index (χ2v) is 5.61. The number of aromatic nitrogens is 1. The first-order valence-electron chi connectivity index (χ1n) is 7.07. The number of piperidine rings is 1. The van der Waals surface area contributed by atoms with Crippen LogP contribution in [0.4, 0.5) is 8.78 Å². The summed E-state index contributed by atoms with van der Waals surface area (Å²) in [6.07, 6.45) is 2.83. The molecule has 0 unspecified atom stereocenters. The fourth-order valence-electron chi connectivity index (χ4n) is 2.66. The number of fused-ring (bicyclic) bond motifs is 1. The Morgan fingerprint density at radius 3 is 2.68 bits per heavy atom. The van der Waals surface area contributed by atoms with E-state index in [1.54, 1.807) is 6.07 Å². The van der Waals surface area contributed by atoms with Crippen molar-refractivity contribution >= 4 is 22.4 Å². The van der Waals surface area contributed by atoms with E-state index >= 15 is 0 Å². The number of ether oxygens (including phenoxy) is 1. The molecule has 2 aromatic rings. The lowest BCUT2D eigenvalue weighted by atomic mass is 10.1. The molecule has 1 aliphatic rings. The highest BCUT2D eigenvalue weighted by Gasteiger charge is 2.19. The fourth-order valence-corrected chi connectivity index (χ4v) is 2.90. The Labute approximate surface area is 130 Å². The van der Waals surface area contributed by atoms with E-state index in [0.29, 0.717) is 15.7 Å². The van der Waals surface area contributed by atoms with Crippen molar-refractivity contribution < 1.29 is 13.5 Å². The minimum absolute atomic E-state index is 0.0446. The molecule has 0 amide bonds. The molecule has 0 saturated carbocycles. The third kappa shape index (κ3) is 2.80. The predicted octanol–water partition coefficient (Wildman–Crippen LogP) is 3.18. The molecule has 1 aromatic carbocycles. The normalized spacial score (nSPS) is 16.4. The van der Waals surface area contributed by atoms with Crippen LogP contribution >= 0.6 is 11.6 Å². The van der Waals surface area contributed by atoms with Gasteiger partial charge in [0.2, 0.25) is 0 Å². The van der Waals surface area contributed by atoms with Gasteiger partial charge in [-0.1, -0.05) is 11.6 Å². The zero-order chi connectivity index (χ0) is 15.7. The van der Waals surface area contributed by atoms with Crippen molar-refractivity contribution in [3.05, 3.63) is 39.8 Å². The Kier molecular flexibility index (Phi) is 4.31. The molecule has 3 rings (SSSR count). The molecule has 0 aliphatic carbocycles. The van der Waals surface area contributed by atoms with Gasteiger partial charge in [0.25, 0.3) is 5.56 Å². The minimum Gasteiger partial charge on any atom is -0.490 e. The van der Waals surface area contributed by atoms with Crippen LogP contribution in [-0.4, -0.2) is 23.8 Å². The zero-order valence-corrected chi connectivity index (χ0v) is 12.4. The molecule has 1 N–H and O–H groups in total. The monoisotopic (exact) mass is 328 g/mol. The molecule has 0 bridgehead atoms. The van der Waals surface area contributed by atoms with E-state index in [0.717, 1.165) is 32.1 Å². The first-order chi connectivity index (χ1) is 10.6. The molecule has 118 valence electrons. The lowest BCUT2D eigenvalue weighted by Crippen LogP contribution is -2.34. The molecule has 2 heterocycles. The highest BCUT2D eigenvalue weighted by Crippen LogP contribution is 2.31. The number of nitrogens with zero attached hydrogens (tertiary/aromatic N) is 1. The number of halogens is 3. The summed E-state index contributed by atoms with van der Waals surface area (Å²) in [7, 11) is 0. The van der Waals surface area contributed by atoms with Crippen molar-refractivity contribution in [3.63, 3.8) is 0 Å². The third-order valence-electron chi connectivity index (χ3n) is 3.79. The quantitative estimate of drug-likeness (QED) is 0.941. The fraction of sp³-hybridized carbons (Fsp3) is 0.400. The Hall–Kier alpha value is -1.66. The van der Waals surface area contributed by atoms with Gasteiger partial charge in [-0.05, 0) is 44.1 Å². The first kappa shape index (κ1) is 15.2. The van der Waals surface area contributed by atoms with Gasteiger partial charge in [-0.25, -0.2) is 0 Å². The van der Waals surface area contributed by atoms with Gasteiger partial charge in [-0.3, -0.25) is 9.36 Å². The molecule has 1 aromatic heterocycles. The summed E-state index contributed by atoms with van der Waals surface area (Å²) in [5.74, 6) is 0.504. The van der Waals surface area contributed by atoms with Crippen molar-refractivity contribution in [2.75, 3.05) is 13.1 Å². The molecular weight excluding hydrogens is 314 g/mol. The Morgan fingerprint density at radius 2 is 2.00 bits per heavy atom. The Balaban J connectivity index is 2.07. The van der Waals surface area contributed by atoms with Crippen LogP contribution in [0.25, 0.3) is 10.8 Å². The van der Waals surface area contributed by atoms with E-state index in [-0.39, 0.29) is 16.5 Å². The van der Waals surface area contributed by atoms with Gasteiger partial charge in [-0.2, -0.15) is 8.78 Å². The molecule has 0 atom stereocenters. The van der Waals surface area contributed by atoms with Gasteiger partial charge < -0.3 is 10.1 Å². The molecule has 7 heteroatoms. The number of hydrogen-bond donors (Lipinski definition) is 1. The molecule has 1 aliphatic heterocycles. The van der Waals surface area contributed by atoms with Crippen LogP contribution in [-0.2, 0) is 0 Å². The standard InChI is InChI=1S/C15H15ClF2N2O2/c16-11-1-2-12(22-9-3-6-19-7-4-9)10-5-8-20(15(17)18)14(21)13(10)11/h1-2,5,8-9,15,19H,3-4,6-7H2. The van der Waals surface area contributed by atoms with E-state index in [1.165, 1.54) is 12.1 Å². The molecule has 1 saturated heterocycles. The van der Waals surface area contributed by atoms with Crippen LogP contribution in [0.5, 0.6) is 5.75 Å². The van der Waals surface area contributed by atoms with E-state index in [4.69, 9.17) is 16.3 Å². The lowest BCUT2D eigenvalue weighted by Gasteiger charge is -2.24. The van der Waals surface area contributed by atoms with Crippen LogP contribution in [0.2, 0.25) is 5.02 Å². The number of alkyl halides is 2. The second-order valence-electron chi connectivity index (χ2n) is 5.21. The summed E-state index contributed by atoms with van der Waals surface area (Å²) in [6, 6.07) is 4.64. The maximum Gasteiger partial charge on any atom is 0.321 e. The van der Waals surface area contributed by atoms with Crippen LogP contribution in [0.1, 0.15) is 19.4 Å². The van der Waals surface area contributed by atoms with E-state index in [1.807, 2.05) is 0 Å². The lowest BCUT2D eigenvalue weighted by molar-refractivity contribution is 0.0669. The predicted molar refractivity (Wildman–Crippen MR) is 81.0 cm³/mol. The second kappa shape index (κ2) is 6.22. The van der Waals surface area contributed by atoms with Crippen molar-refractivity contribution in [1.29, 1.82) is 0 Å². The smallest absolute Gasteiger partial charge is 0.321 e. The topological polar surface area (TPSA) is 43.3 Å². The summed E-state index contributed by atoms with van der Waals surface area (Å²) < 4.78 is 32.0. The average molecular weight is 329 g/mol. The van der Waals surface area contributed by atoms with E-state index < -0.39 is 12.1 Å². The van der Waals surface area contributed by atoms with Crippen LogP contribution in [0, 0.1) is 0 Å². The molecule has 4 nitrogen and oxygen atoms in total. The summed E-state index contributed by atoms with van der Waals surface area (Å²) in [4.78, 5) is 12.2. The number of rotatable bonds is 3. The Morgan fingerprint density at radius 1 is 1.27 bits per heavy atom. The minimum atomic E-state index is -2.90.